The van der Waals surface area contributed by atoms with Crippen molar-refractivity contribution in [1.29, 1.82) is 0 Å². The zero-order chi connectivity index (χ0) is 10.7. The van der Waals surface area contributed by atoms with Crippen LogP contribution in [0.5, 0.6) is 0 Å². The number of furan rings is 1. The third-order valence-electron chi connectivity index (χ3n) is 2.59. The Bertz CT molecular complexity index is 337. The molecule has 0 unspecified atom stereocenters. The van der Waals surface area contributed by atoms with E-state index in [2.05, 4.69) is 22.1 Å². The average molecular weight is 207 g/mol. The first-order chi connectivity index (χ1) is 7.24. The first-order valence-electron chi connectivity index (χ1n) is 5.28. The highest BCUT2D eigenvalue weighted by Gasteiger charge is 2.10. The molecule has 0 spiro atoms. The maximum Gasteiger partial charge on any atom is 0.147 e. The van der Waals surface area contributed by atoms with Crippen LogP contribution in [0.3, 0.4) is 0 Å². The van der Waals surface area contributed by atoms with Gasteiger partial charge in [0.2, 0.25) is 0 Å². The van der Waals surface area contributed by atoms with Crippen LogP contribution in [0.4, 0.5) is 0 Å². The van der Waals surface area contributed by atoms with Gasteiger partial charge in [0.15, 0.2) is 0 Å². The quantitative estimate of drug-likeness (QED) is 0.682. The van der Waals surface area contributed by atoms with Crippen LogP contribution < -0.4 is 0 Å². The van der Waals surface area contributed by atoms with E-state index in [0.29, 0.717) is 0 Å². The van der Waals surface area contributed by atoms with Gasteiger partial charge in [0, 0.05) is 26.2 Å². The molecule has 15 heavy (non-hydrogen) atoms. The van der Waals surface area contributed by atoms with Gasteiger partial charge in [-0.05, 0) is 26.1 Å². The van der Waals surface area contributed by atoms with Crippen molar-refractivity contribution in [1.82, 2.24) is 9.91 Å². The molecule has 0 bridgehead atoms. The summed E-state index contributed by atoms with van der Waals surface area (Å²) >= 11 is 0. The first kappa shape index (κ1) is 10.2. The molecule has 2 rings (SSSR count). The fourth-order valence-corrected chi connectivity index (χ4v) is 1.57. The fraction of sp³-hybridized carbons (Fsp3) is 0.545. The van der Waals surface area contributed by atoms with Crippen molar-refractivity contribution in [2.45, 2.75) is 6.92 Å². The molecule has 82 valence electrons. The molecule has 2 heterocycles. The maximum atomic E-state index is 5.41. The van der Waals surface area contributed by atoms with Crippen molar-refractivity contribution in [3.05, 3.63) is 23.7 Å². The molecular formula is C11H17N3O. The number of hydrazone groups is 1. The molecule has 0 radical (unpaired) electrons. The Morgan fingerprint density at radius 1 is 1.27 bits per heavy atom. The highest BCUT2D eigenvalue weighted by molar-refractivity contribution is 5.75. The van der Waals surface area contributed by atoms with E-state index in [1.54, 1.807) is 6.21 Å². The topological polar surface area (TPSA) is 32.0 Å². The first-order valence-corrected chi connectivity index (χ1v) is 5.28. The van der Waals surface area contributed by atoms with Crippen LogP contribution in [0.25, 0.3) is 0 Å². The molecule has 4 heteroatoms. The van der Waals surface area contributed by atoms with Crippen molar-refractivity contribution in [2.24, 2.45) is 5.10 Å². The number of nitrogens with zero attached hydrogens (tertiary/aromatic N) is 3. The van der Waals surface area contributed by atoms with Crippen LogP contribution in [0.2, 0.25) is 0 Å². The number of rotatable bonds is 2. The van der Waals surface area contributed by atoms with E-state index in [-0.39, 0.29) is 0 Å². The van der Waals surface area contributed by atoms with Gasteiger partial charge in [-0.3, -0.25) is 5.01 Å². The molecule has 0 aliphatic carbocycles. The van der Waals surface area contributed by atoms with Gasteiger partial charge in [0.05, 0.1) is 6.21 Å². The monoisotopic (exact) mass is 207 g/mol. The largest absolute Gasteiger partial charge is 0.460 e. The Morgan fingerprint density at radius 2 is 2.00 bits per heavy atom. The summed E-state index contributed by atoms with van der Waals surface area (Å²) in [5, 5.41) is 6.47. The van der Waals surface area contributed by atoms with E-state index in [1.807, 2.05) is 19.1 Å². The van der Waals surface area contributed by atoms with Crippen LogP contribution in [0.1, 0.15) is 11.5 Å². The third-order valence-corrected chi connectivity index (χ3v) is 2.59. The average Bonchev–Trinajstić information content (AvgIpc) is 2.64. The minimum Gasteiger partial charge on any atom is -0.460 e. The predicted molar refractivity (Wildman–Crippen MR) is 60.1 cm³/mol. The Hall–Kier alpha value is -1.29. The summed E-state index contributed by atoms with van der Waals surface area (Å²) in [5.41, 5.74) is 0. The molecule has 0 amide bonds. The molecular weight excluding hydrogens is 190 g/mol. The molecule has 1 aliphatic rings. The molecule has 0 aromatic carbocycles. The Balaban J connectivity index is 1.89. The lowest BCUT2D eigenvalue weighted by molar-refractivity contribution is 0.159. The van der Waals surface area contributed by atoms with Gasteiger partial charge in [-0.25, -0.2) is 0 Å². The van der Waals surface area contributed by atoms with E-state index in [4.69, 9.17) is 4.42 Å². The number of aryl methyl sites for hydroxylation is 1. The van der Waals surface area contributed by atoms with E-state index in [9.17, 15) is 0 Å². The minimum atomic E-state index is 0.825. The summed E-state index contributed by atoms with van der Waals surface area (Å²) < 4.78 is 5.41. The van der Waals surface area contributed by atoms with E-state index < -0.39 is 0 Å². The highest BCUT2D eigenvalue weighted by Crippen LogP contribution is 2.04. The summed E-state index contributed by atoms with van der Waals surface area (Å²) in [6.45, 7) is 6.08. The standard InChI is InChI=1S/C11H17N3O/c1-10-3-4-11(15-10)9-12-14-7-5-13(2)6-8-14/h3-4,9H,5-8H2,1-2H3. The van der Waals surface area contributed by atoms with Gasteiger partial charge in [-0.1, -0.05) is 0 Å². The molecule has 0 N–H and O–H groups in total. The molecule has 1 fully saturated rings. The van der Waals surface area contributed by atoms with Crippen molar-refractivity contribution >= 4 is 6.21 Å². The summed E-state index contributed by atoms with van der Waals surface area (Å²) in [6.07, 6.45) is 1.79. The minimum absolute atomic E-state index is 0.825. The second-order valence-corrected chi connectivity index (χ2v) is 3.95. The summed E-state index contributed by atoms with van der Waals surface area (Å²) in [4.78, 5) is 2.31. The Morgan fingerprint density at radius 3 is 2.60 bits per heavy atom. The SMILES string of the molecule is Cc1ccc(C=NN2CCN(C)CC2)o1. The molecule has 1 aliphatic heterocycles. The molecule has 1 saturated heterocycles. The summed E-state index contributed by atoms with van der Waals surface area (Å²) in [6, 6.07) is 3.89. The van der Waals surface area contributed by atoms with Gasteiger partial charge in [0.1, 0.15) is 11.5 Å². The number of hydrogen-bond acceptors (Lipinski definition) is 4. The van der Waals surface area contributed by atoms with Crippen LogP contribution in [-0.2, 0) is 0 Å². The zero-order valence-corrected chi connectivity index (χ0v) is 9.31. The van der Waals surface area contributed by atoms with Gasteiger partial charge in [-0.15, -0.1) is 0 Å². The van der Waals surface area contributed by atoms with Gasteiger partial charge >= 0.3 is 0 Å². The maximum absolute atomic E-state index is 5.41. The Labute approximate surface area is 90.2 Å². The number of piperazine rings is 1. The van der Waals surface area contributed by atoms with Crippen molar-refractivity contribution in [3.8, 4) is 0 Å². The third kappa shape index (κ3) is 2.83. The van der Waals surface area contributed by atoms with E-state index >= 15 is 0 Å². The zero-order valence-electron chi connectivity index (χ0n) is 9.31. The van der Waals surface area contributed by atoms with Gasteiger partial charge in [0.25, 0.3) is 0 Å². The van der Waals surface area contributed by atoms with E-state index in [1.165, 1.54) is 0 Å². The van der Waals surface area contributed by atoms with Gasteiger partial charge < -0.3 is 9.32 Å². The summed E-state index contributed by atoms with van der Waals surface area (Å²) in [7, 11) is 2.14. The van der Waals surface area contributed by atoms with Crippen molar-refractivity contribution in [2.75, 3.05) is 33.2 Å². The van der Waals surface area contributed by atoms with Gasteiger partial charge in [-0.2, -0.15) is 5.10 Å². The second kappa shape index (κ2) is 4.49. The van der Waals surface area contributed by atoms with E-state index in [0.717, 1.165) is 37.7 Å². The normalized spacial score (nSPS) is 18.9. The van der Waals surface area contributed by atoms with Crippen LogP contribution in [0, 0.1) is 6.92 Å². The molecule has 1 aromatic heterocycles. The fourth-order valence-electron chi connectivity index (χ4n) is 1.57. The molecule has 1 aromatic rings. The van der Waals surface area contributed by atoms with Crippen LogP contribution >= 0.6 is 0 Å². The number of likely N-dealkylation sites (N-methyl/N-ethyl adjacent to an activating group) is 1. The lowest BCUT2D eigenvalue weighted by atomic mass is 10.4. The number of hydrogen-bond donors (Lipinski definition) is 0. The predicted octanol–water partition coefficient (Wildman–Crippen LogP) is 1.17. The lowest BCUT2D eigenvalue weighted by Crippen LogP contribution is -2.41. The molecule has 0 saturated carbocycles. The summed E-state index contributed by atoms with van der Waals surface area (Å²) in [5.74, 6) is 1.75. The van der Waals surface area contributed by atoms with Crippen molar-refractivity contribution in [3.63, 3.8) is 0 Å². The smallest absolute Gasteiger partial charge is 0.147 e. The lowest BCUT2D eigenvalue weighted by Gasteiger charge is -2.30. The second-order valence-electron chi connectivity index (χ2n) is 3.95. The van der Waals surface area contributed by atoms with Crippen LogP contribution in [-0.4, -0.2) is 49.4 Å². The van der Waals surface area contributed by atoms with Crippen LogP contribution in [0.15, 0.2) is 21.7 Å². The molecule has 4 nitrogen and oxygen atoms in total. The molecule has 0 atom stereocenters. The highest BCUT2D eigenvalue weighted by atomic mass is 16.3. The van der Waals surface area contributed by atoms with Crippen molar-refractivity contribution < 1.29 is 4.42 Å². The Kier molecular flexibility index (Phi) is 3.06.